The van der Waals surface area contributed by atoms with E-state index in [0.29, 0.717) is 5.02 Å². The maximum Gasteiger partial charge on any atom is 0.256 e. The van der Waals surface area contributed by atoms with Gasteiger partial charge in [0, 0.05) is 30.3 Å². The Labute approximate surface area is 131 Å². The van der Waals surface area contributed by atoms with Gasteiger partial charge in [0.1, 0.15) is 0 Å². The molecule has 1 heterocycles. The molecule has 114 valence electrons. The fourth-order valence-electron chi connectivity index (χ4n) is 3.68. The Hall–Kier alpha value is -1.22. The van der Waals surface area contributed by atoms with Crippen LogP contribution >= 0.6 is 11.6 Å². The number of amides is 1. The second-order valence-corrected chi connectivity index (χ2v) is 6.71. The summed E-state index contributed by atoms with van der Waals surface area (Å²) in [4.78, 5) is 14.9. The minimum atomic E-state index is 0.130. The number of rotatable bonds is 4. The Bertz CT molecular complexity index is 520. The second-order valence-electron chi connectivity index (χ2n) is 6.28. The standard InChI is InChI=1S/C17H23ClN2O/c1-2-8-19-16-7-6-14(18)9-15(16)17(21)20-10-12-4-3-5-13(12)11-20/h6-7,9,12-13,19H,2-5,8,10-11H2,1H3. The minimum Gasteiger partial charge on any atom is -0.384 e. The molecule has 1 N–H and O–H groups in total. The third-order valence-electron chi connectivity index (χ3n) is 4.79. The van der Waals surface area contributed by atoms with Crippen LogP contribution < -0.4 is 5.32 Å². The van der Waals surface area contributed by atoms with Crippen molar-refractivity contribution in [2.75, 3.05) is 25.0 Å². The van der Waals surface area contributed by atoms with Crippen molar-refractivity contribution < 1.29 is 4.79 Å². The van der Waals surface area contributed by atoms with Gasteiger partial charge in [0.05, 0.1) is 5.56 Å². The van der Waals surface area contributed by atoms with E-state index in [1.807, 2.05) is 17.0 Å². The summed E-state index contributed by atoms with van der Waals surface area (Å²) < 4.78 is 0. The van der Waals surface area contributed by atoms with Gasteiger partial charge in [-0.1, -0.05) is 24.9 Å². The highest BCUT2D eigenvalue weighted by Crippen LogP contribution is 2.38. The number of fused-ring (bicyclic) bond motifs is 1. The maximum absolute atomic E-state index is 12.8. The molecule has 2 fully saturated rings. The zero-order valence-corrected chi connectivity index (χ0v) is 13.3. The molecular formula is C17H23ClN2O. The summed E-state index contributed by atoms with van der Waals surface area (Å²) >= 11 is 6.10. The molecule has 1 aromatic rings. The fraction of sp³-hybridized carbons (Fsp3) is 0.588. The first-order valence-corrected chi connectivity index (χ1v) is 8.39. The van der Waals surface area contributed by atoms with Gasteiger partial charge in [-0.2, -0.15) is 0 Å². The van der Waals surface area contributed by atoms with Crippen molar-refractivity contribution in [3.8, 4) is 0 Å². The predicted molar refractivity (Wildman–Crippen MR) is 87.0 cm³/mol. The van der Waals surface area contributed by atoms with Crippen molar-refractivity contribution in [2.24, 2.45) is 11.8 Å². The molecule has 1 amide bonds. The Kier molecular flexibility index (Phi) is 4.39. The van der Waals surface area contributed by atoms with Crippen LogP contribution in [0.15, 0.2) is 18.2 Å². The van der Waals surface area contributed by atoms with Crippen molar-refractivity contribution in [3.05, 3.63) is 28.8 Å². The molecule has 3 nitrogen and oxygen atoms in total. The molecule has 0 bridgehead atoms. The van der Waals surface area contributed by atoms with Crippen molar-refractivity contribution in [1.29, 1.82) is 0 Å². The van der Waals surface area contributed by atoms with Gasteiger partial charge in [-0.15, -0.1) is 0 Å². The van der Waals surface area contributed by atoms with E-state index >= 15 is 0 Å². The Morgan fingerprint density at radius 3 is 2.71 bits per heavy atom. The van der Waals surface area contributed by atoms with E-state index < -0.39 is 0 Å². The van der Waals surface area contributed by atoms with E-state index in [1.54, 1.807) is 6.07 Å². The van der Waals surface area contributed by atoms with Crippen LogP contribution in [0, 0.1) is 11.8 Å². The van der Waals surface area contributed by atoms with Gasteiger partial charge in [0.2, 0.25) is 0 Å². The molecule has 1 aliphatic heterocycles. The molecule has 3 rings (SSSR count). The van der Waals surface area contributed by atoms with E-state index in [4.69, 9.17) is 11.6 Å². The number of hydrogen-bond donors (Lipinski definition) is 1. The molecule has 4 heteroatoms. The molecule has 2 atom stereocenters. The average Bonchev–Trinajstić information content (AvgIpc) is 3.06. The molecule has 0 aromatic heterocycles. The molecule has 2 unspecified atom stereocenters. The Balaban J connectivity index is 1.78. The predicted octanol–water partition coefficient (Wildman–Crippen LogP) is 4.03. The van der Waals surface area contributed by atoms with Crippen LogP contribution in [0.2, 0.25) is 5.02 Å². The van der Waals surface area contributed by atoms with Crippen molar-refractivity contribution in [2.45, 2.75) is 32.6 Å². The van der Waals surface area contributed by atoms with E-state index in [0.717, 1.165) is 49.1 Å². The zero-order valence-electron chi connectivity index (χ0n) is 12.6. The Morgan fingerprint density at radius 1 is 1.33 bits per heavy atom. The highest BCUT2D eigenvalue weighted by atomic mass is 35.5. The summed E-state index contributed by atoms with van der Waals surface area (Å²) in [6.45, 7) is 4.83. The van der Waals surface area contributed by atoms with Gasteiger partial charge in [-0.25, -0.2) is 0 Å². The molecule has 21 heavy (non-hydrogen) atoms. The molecule has 2 aliphatic rings. The third-order valence-corrected chi connectivity index (χ3v) is 5.03. The van der Waals surface area contributed by atoms with E-state index in [2.05, 4.69) is 12.2 Å². The lowest BCUT2D eigenvalue weighted by Crippen LogP contribution is -2.30. The molecule has 1 aromatic carbocycles. The second kappa shape index (κ2) is 6.27. The SMILES string of the molecule is CCCNc1ccc(Cl)cc1C(=O)N1CC2CCCC2C1. The lowest BCUT2D eigenvalue weighted by Gasteiger charge is -2.20. The molecule has 0 radical (unpaired) electrons. The van der Waals surface area contributed by atoms with Crippen LogP contribution in [0.5, 0.6) is 0 Å². The smallest absolute Gasteiger partial charge is 0.256 e. The highest BCUT2D eigenvalue weighted by molar-refractivity contribution is 6.31. The summed E-state index contributed by atoms with van der Waals surface area (Å²) in [5.41, 5.74) is 1.62. The normalized spacial score (nSPS) is 24.2. The van der Waals surface area contributed by atoms with Gasteiger partial charge in [0.25, 0.3) is 5.91 Å². The number of halogens is 1. The quantitative estimate of drug-likeness (QED) is 0.910. The van der Waals surface area contributed by atoms with Crippen LogP contribution in [0.3, 0.4) is 0 Å². The number of nitrogens with zero attached hydrogens (tertiary/aromatic N) is 1. The first-order valence-electron chi connectivity index (χ1n) is 8.01. The number of carbonyl (C=O) groups excluding carboxylic acids is 1. The van der Waals surface area contributed by atoms with Gasteiger partial charge < -0.3 is 10.2 Å². The maximum atomic E-state index is 12.8. The van der Waals surface area contributed by atoms with Gasteiger partial charge in [-0.05, 0) is 49.3 Å². The average molecular weight is 307 g/mol. The minimum absolute atomic E-state index is 0.130. The third kappa shape index (κ3) is 3.03. The van der Waals surface area contributed by atoms with E-state index in [1.165, 1.54) is 19.3 Å². The number of anilines is 1. The fourth-order valence-corrected chi connectivity index (χ4v) is 3.85. The van der Waals surface area contributed by atoms with Gasteiger partial charge >= 0.3 is 0 Å². The molecule has 1 saturated heterocycles. The Morgan fingerprint density at radius 2 is 2.05 bits per heavy atom. The van der Waals surface area contributed by atoms with Gasteiger partial charge in [0.15, 0.2) is 0 Å². The van der Waals surface area contributed by atoms with Crippen LogP contribution in [-0.4, -0.2) is 30.4 Å². The van der Waals surface area contributed by atoms with E-state index in [9.17, 15) is 4.79 Å². The lowest BCUT2D eigenvalue weighted by atomic mass is 10.0. The number of hydrogen-bond acceptors (Lipinski definition) is 2. The molecule has 1 aliphatic carbocycles. The largest absolute Gasteiger partial charge is 0.384 e. The summed E-state index contributed by atoms with van der Waals surface area (Å²) in [6, 6.07) is 5.56. The van der Waals surface area contributed by atoms with Crippen LogP contribution in [0.4, 0.5) is 5.69 Å². The van der Waals surface area contributed by atoms with Crippen LogP contribution in [0.1, 0.15) is 43.0 Å². The summed E-state index contributed by atoms with van der Waals surface area (Å²) in [5.74, 6) is 1.57. The highest BCUT2D eigenvalue weighted by Gasteiger charge is 2.38. The summed E-state index contributed by atoms with van der Waals surface area (Å²) in [6.07, 6.45) is 4.93. The molecule has 0 spiro atoms. The lowest BCUT2D eigenvalue weighted by molar-refractivity contribution is 0.0781. The first-order chi connectivity index (χ1) is 10.2. The van der Waals surface area contributed by atoms with Crippen molar-refractivity contribution >= 4 is 23.2 Å². The van der Waals surface area contributed by atoms with Gasteiger partial charge in [-0.3, -0.25) is 4.79 Å². The number of carbonyl (C=O) groups is 1. The zero-order chi connectivity index (χ0) is 14.8. The number of likely N-dealkylation sites (tertiary alicyclic amines) is 1. The molecular weight excluding hydrogens is 284 g/mol. The van der Waals surface area contributed by atoms with Crippen molar-refractivity contribution in [1.82, 2.24) is 4.90 Å². The van der Waals surface area contributed by atoms with Crippen LogP contribution in [0.25, 0.3) is 0 Å². The summed E-state index contributed by atoms with van der Waals surface area (Å²) in [5, 5.41) is 3.96. The number of benzene rings is 1. The topological polar surface area (TPSA) is 32.3 Å². The molecule has 1 saturated carbocycles. The number of nitrogens with one attached hydrogen (secondary N) is 1. The van der Waals surface area contributed by atoms with E-state index in [-0.39, 0.29) is 5.91 Å². The first kappa shape index (κ1) is 14.7. The summed E-state index contributed by atoms with van der Waals surface area (Å²) in [7, 11) is 0. The van der Waals surface area contributed by atoms with Crippen molar-refractivity contribution in [3.63, 3.8) is 0 Å². The van der Waals surface area contributed by atoms with Crippen LogP contribution in [-0.2, 0) is 0 Å². The monoisotopic (exact) mass is 306 g/mol.